The van der Waals surface area contributed by atoms with E-state index in [4.69, 9.17) is 5.73 Å². The topological polar surface area (TPSA) is 26.0 Å². The molecule has 1 nitrogen and oxygen atoms in total. The highest BCUT2D eigenvalue weighted by Crippen LogP contribution is 2.35. The molecule has 0 aliphatic rings. The summed E-state index contributed by atoms with van der Waals surface area (Å²) in [4.78, 5) is 0. The summed E-state index contributed by atoms with van der Waals surface area (Å²) in [6.07, 6.45) is 6.47. The lowest BCUT2D eigenvalue weighted by molar-refractivity contribution is 0.408. The third kappa shape index (κ3) is 3.81. The zero-order chi connectivity index (χ0) is 15.3. The van der Waals surface area contributed by atoms with Gasteiger partial charge in [-0.15, -0.1) is 12.4 Å². The van der Waals surface area contributed by atoms with Crippen molar-refractivity contribution in [2.75, 3.05) is 0 Å². The van der Waals surface area contributed by atoms with E-state index in [0.717, 1.165) is 38.5 Å². The summed E-state index contributed by atoms with van der Waals surface area (Å²) in [5, 5.41) is 0. The molecular weight excluding hydrogens is 278 g/mol. The molecule has 122 valence electrons. The van der Waals surface area contributed by atoms with Crippen molar-refractivity contribution >= 4 is 12.4 Å². The normalized spacial score (nSPS) is 11.4. The van der Waals surface area contributed by atoms with Crippen LogP contribution in [-0.2, 0) is 31.2 Å². The Morgan fingerprint density at radius 2 is 1.24 bits per heavy atom. The molecule has 0 saturated carbocycles. The largest absolute Gasteiger partial charge is 0.321 e. The van der Waals surface area contributed by atoms with Crippen LogP contribution in [-0.4, -0.2) is 0 Å². The standard InChI is InChI=1S/C19H33N.ClH/c1-7-14-13-18(19(20,11-5)12-6)17(10-4)16(9-3)15(14)8-2;/h13H,7-12,20H2,1-6H3;1H. The SMILES string of the molecule is CCc1cc(C(N)(CC)CC)c(CC)c(CC)c1CC.Cl. The van der Waals surface area contributed by atoms with Crippen LogP contribution >= 0.6 is 12.4 Å². The number of rotatable bonds is 7. The molecule has 0 radical (unpaired) electrons. The van der Waals surface area contributed by atoms with Crippen LogP contribution in [0, 0.1) is 0 Å². The van der Waals surface area contributed by atoms with Crippen LogP contribution in [0.5, 0.6) is 0 Å². The summed E-state index contributed by atoms with van der Waals surface area (Å²) in [5.41, 5.74) is 14.2. The number of halogens is 1. The first-order valence-corrected chi connectivity index (χ1v) is 8.48. The van der Waals surface area contributed by atoms with E-state index in [1.54, 1.807) is 11.1 Å². The van der Waals surface area contributed by atoms with Crippen molar-refractivity contribution in [3.8, 4) is 0 Å². The van der Waals surface area contributed by atoms with E-state index in [0.29, 0.717) is 0 Å². The second-order valence-electron chi connectivity index (χ2n) is 5.80. The average molecular weight is 312 g/mol. The lowest BCUT2D eigenvalue weighted by Crippen LogP contribution is -2.37. The molecule has 0 heterocycles. The Balaban J connectivity index is 0.00000400. The van der Waals surface area contributed by atoms with Gasteiger partial charge in [-0.05, 0) is 66.3 Å². The third-order valence-electron chi connectivity index (χ3n) is 5.00. The maximum atomic E-state index is 6.73. The molecule has 0 spiro atoms. The second-order valence-corrected chi connectivity index (χ2v) is 5.80. The number of nitrogens with two attached hydrogens (primary N) is 1. The average Bonchev–Trinajstić information content (AvgIpc) is 2.51. The zero-order valence-electron chi connectivity index (χ0n) is 14.8. The van der Waals surface area contributed by atoms with E-state index in [-0.39, 0.29) is 17.9 Å². The summed E-state index contributed by atoms with van der Waals surface area (Å²) < 4.78 is 0. The van der Waals surface area contributed by atoms with Gasteiger partial charge in [0.15, 0.2) is 0 Å². The van der Waals surface area contributed by atoms with Crippen LogP contribution in [0.15, 0.2) is 6.07 Å². The number of benzene rings is 1. The fourth-order valence-electron chi connectivity index (χ4n) is 3.55. The minimum Gasteiger partial charge on any atom is -0.321 e. The minimum atomic E-state index is -0.161. The Kier molecular flexibility index (Phi) is 8.58. The summed E-state index contributed by atoms with van der Waals surface area (Å²) >= 11 is 0. The molecule has 0 aliphatic heterocycles. The van der Waals surface area contributed by atoms with Gasteiger partial charge in [0.1, 0.15) is 0 Å². The highest BCUT2D eigenvalue weighted by atomic mass is 35.5. The fraction of sp³-hybridized carbons (Fsp3) is 0.684. The van der Waals surface area contributed by atoms with Crippen LogP contribution in [0.3, 0.4) is 0 Å². The molecule has 1 aromatic rings. The molecule has 21 heavy (non-hydrogen) atoms. The molecule has 2 N–H and O–H groups in total. The Morgan fingerprint density at radius 3 is 1.57 bits per heavy atom. The van der Waals surface area contributed by atoms with Gasteiger partial charge in [0.05, 0.1) is 0 Å². The molecule has 0 amide bonds. The van der Waals surface area contributed by atoms with Crippen molar-refractivity contribution in [3.05, 3.63) is 33.9 Å². The molecule has 0 aliphatic carbocycles. The predicted octanol–water partition coefficient (Wildman–Crippen LogP) is 5.33. The van der Waals surface area contributed by atoms with Crippen molar-refractivity contribution in [1.29, 1.82) is 0 Å². The predicted molar refractivity (Wildman–Crippen MR) is 97.6 cm³/mol. The van der Waals surface area contributed by atoms with Gasteiger partial charge in [-0.1, -0.05) is 47.6 Å². The van der Waals surface area contributed by atoms with E-state index in [1.807, 2.05) is 0 Å². The van der Waals surface area contributed by atoms with Gasteiger partial charge in [0, 0.05) is 5.54 Å². The van der Waals surface area contributed by atoms with Crippen molar-refractivity contribution in [2.24, 2.45) is 5.73 Å². The van der Waals surface area contributed by atoms with Crippen molar-refractivity contribution in [2.45, 2.75) is 85.6 Å². The molecule has 1 rings (SSSR count). The van der Waals surface area contributed by atoms with E-state index >= 15 is 0 Å². The molecule has 2 heteroatoms. The second kappa shape index (κ2) is 8.80. The number of hydrogen-bond donors (Lipinski definition) is 1. The van der Waals surface area contributed by atoms with Crippen molar-refractivity contribution in [3.63, 3.8) is 0 Å². The van der Waals surface area contributed by atoms with Gasteiger partial charge in [-0.3, -0.25) is 0 Å². The van der Waals surface area contributed by atoms with Gasteiger partial charge in [0.25, 0.3) is 0 Å². The smallest absolute Gasteiger partial charge is 0.0407 e. The van der Waals surface area contributed by atoms with Crippen LogP contribution in [0.1, 0.15) is 82.2 Å². The Hall–Kier alpha value is -0.530. The zero-order valence-corrected chi connectivity index (χ0v) is 15.6. The molecule has 0 unspecified atom stereocenters. The molecule has 1 aromatic carbocycles. The van der Waals surface area contributed by atoms with Crippen LogP contribution < -0.4 is 5.73 Å². The summed E-state index contributed by atoms with van der Waals surface area (Å²) in [5.74, 6) is 0. The first kappa shape index (κ1) is 20.5. The van der Waals surface area contributed by atoms with Crippen molar-refractivity contribution in [1.82, 2.24) is 0 Å². The van der Waals surface area contributed by atoms with E-state index < -0.39 is 0 Å². The summed E-state index contributed by atoms with van der Waals surface area (Å²) in [6, 6.07) is 2.42. The first-order valence-electron chi connectivity index (χ1n) is 8.48. The number of aryl methyl sites for hydroxylation is 1. The summed E-state index contributed by atoms with van der Waals surface area (Å²) in [6.45, 7) is 13.5. The highest BCUT2D eigenvalue weighted by Gasteiger charge is 2.28. The molecule has 0 aromatic heterocycles. The van der Waals surface area contributed by atoms with Gasteiger partial charge in [-0.25, -0.2) is 0 Å². The van der Waals surface area contributed by atoms with Crippen LogP contribution in [0.4, 0.5) is 0 Å². The Labute approximate surface area is 138 Å². The first-order chi connectivity index (χ1) is 9.52. The van der Waals surface area contributed by atoms with Crippen LogP contribution in [0.2, 0.25) is 0 Å². The molecule has 0 saturated heterocycles. The molecule has 0 bridgehead atoms. The van der Waals surface area contributed by atoms with E-state index in [2.05, 4.69) is 47.6 Å². The van der Waals surface area contributed by atoms with E-state index in [9.17, 15) is 0 Å². The Morgan fingerprint density at radius 1 is 0.762 bits per heavy atom. The van der Waals surface area contributed by atoms with Gasteiger partial charge >= 0.3 is 0 Å². The van der Waals surface area contributed by atoms with Gasteiger partial charge in [0.2, 0.25) is 0 Å². The van der Waals surface area contributed by atoms with Crippen molar-refractivity contribution < 1.29 is 0 Å². The quantitative estimate of drug-likeness (QED) is 0.723. The van der Waals surface area contributed by atoms with Crippen LogP contribution in [0.25, 0.3) is 0 Å². The maximum Gasteiger partial charge on any atom is 0.0407 e. The minimum absolute atomic E-state index is 0. The van der Waals surface area contributed by atoms with Gasteiger partial charge in [-0.2, -0.15) is 0 Å². The maximum absolute atomic E-state index is 6.73. The Bertz CT molecular complexity index is 447. The van der Waals surface area contributed by atoms with Gasteiger partial charge < -0.3 is 5.73 Å². The lowest BCUT2D eigenvalue weighted by Gasteiger charge is -2.33. The molecule has 0 fully saturated rings. The molecule has 0 atom stereocenters. The monoisotopic (exact) mass is 311 g/mol. The third-order valence-corrected chi connectivity index (χ3v) is 5.00. The summed E-state index contributed by atoms with van der Waals surface area (Å²) in [7, 11) is 0. The van der Waals surface area contributed by atoms with E-state index in [1.165, 1.54) is 16.7 Å². The lowest BCUT2D eigenvalue weighted by atomic mass is 9.77. The molecular formula is C19H34ClN. The highest BCUT2D eigenvalue weighted by molar-refractivity contribution is 5.85. The number of hydrogen-bond acceptors (Lipinski definition) is 1. The fourth-order valence-corrected chi connectivity index (χ4v) is 3.55.